The van der Waals surface area contributed by atoms with Gasteiger partial charge in [-0.1, -0.05) is 24.3 Å². The molecule has 0 fully saturated rings. The molecule has 0 spiro atoms. The summed E-state index contributed by atoms with van der Waals surface area (Å²) < 4.78 is 0. The molecular formula is C9H7NO2. The Morgan fingerprint density at radius 1 is 1.42 bits per heavy atom. The summed E-state index contributed by atoms with van der Waals surface area (Å²) in [6.07, 6.45) is 1.82. The molecule has 60 valence electrons. The van der Waals surface area contributed by atoms with Gasteiger partial charge in [0.15, 0.2) is 0 Å². The van der Waals surface area contributed by atoms with Crippen LogP contribution in [0.5, 0.6) is 0 Å². The van der Waals surface area contributed by atoms with Crippen LogP contribution < -0.4 is 0 Å². The highest BCUT2D eigenvalue weighted by atomic mass is 16.6. The van der Waals surface area contributed by atoms with Gasteiger partial charge < -0.3 is 0 Å². The minimum atomic E-state index is -0.398. The lowest BCUT2D eigenvalue weighted by molar-refractivity contribution is -0.401. The van der Waals surface area contributed by atoms with Crippen molar-refractivity contribution in [1.82, 2.24) is 0 Å². The van der Waals surface area contributed by atoms with Gasteiger partial charge in [0.1, 0.15) is 0 Å². The lowest BCUT2D eigenvalue weighted by Gasteiger charge is -2.19. The van der Waals surface area contributed by atoms with E-state index in [9.17, 15) is 10.1 Å². The standard InChI is InChI=1S/C9H7NO2/c11-10(12)6-8-5-7-3-1-2-4-9(7)8/h1-4,6H,5H2/b8-6-. The smallest absolute Gasteiger partial charge is 0.238 e. The molecule has 0 aliphatic heterocycles. The number of hydrogen-bond donors (Lipinski definition) is 0. The minimum absolute atomic E-state index is 0.398. The Bertz CT molecular complexity index is 369. The van der Waals surface area contributed by atoms with Crippen LogP contribution in [0.1, 0.15) is 11.1 Å². The first-order valence-electron chi connectivity index (χ1n) is 3.70. The largest absolute Gasteiger partial charge is 0.259 e. The molecule has 0 saturated heterocycles. The maximum atomic E-state index is 10.1. The molecular weight excluding hydrogens is 154 g/mol. The second-order valence-corrected chi connectivity index (χ2v) is 2.77. The first kappa shape index (κ1) is 7.03. The summed E-state index contributed by atoms with van der Waals surface area (Å²) in [5, 5.41) is 10.1. The van der Waals surface area contributed by atoms with E-state index < -0.39 is 4.92 Å². The van der Waals surface area contributed by atoms with E-state index in [1.54, 1.807) is 0 Å². The zero-order chi connectivity index (χ0) is 8.55. The van der Waals surface area contributed by atoms with Crippen molar-refractivity contribution in [1.29, 1.82) is 0 Å². The predicted octanol–water partition coefficient (Wildman–Crippen LogP) is 1.86. The van der Waals surface area contributed by atoms with Crippen LogP contribution in [0.25, 0.3) is 5.57 Å². The van der Waals surface area contributed by atoms with E-state index in [2.05, 4.69) is 0 Å². The van der Waals surface area contributed by atoms with E-state index >= 15 is 0 Å². The van der Waals surface area contributed by atoms with Gasteiger partial charge in [0, 0.05) is 12.0 Å². The summed E-state index contributed by atoms with van der Waals surface area (Å²) in [7, 11) is 0. The lowest BCUT2D eigenvalue weighted by Crippen LogP contribution is -2.07. The van der Waals surface area contributed by atoms with Gasteiger partial charge in [-0.3, -0.25) is 10.1 Å². The predicted molar refractivity (Wildman–Crippen MR) is 45.1 cm³/mol. The third-order valence-electron chi connectivity index (χ3n) is 2.01. The number of allylic oxidation sites excluding steroid dienone is 1. The number of fused-ring (bicyclic) bond motifs is 1. The van der Waals surface area contributed by atoms with E-state index in [1.165, 1.54) is 5.56 Å². The zero-order valence-electron chi connectivity index (χ0n) is 6.36. The molecule has 3 heteroatoms. The molecule has 0 heterocycles. The van der Waals surface area contributed by atoms with Crippen LogP contribution >= 0.6 is 0 Å². The first-order valence-corrected chi connectivity index (χ1v) is 3.70. The Morgan fingerprint density at radius 3 is 2.83 bits per heavy atom. The van der Waals surface area contributed by atoms with Gasteiger partial charge in [-0.05, 0) is 11.1 Å². The molecule has 1 aliphatic carbocycles. The summed E-state index contributed by atoms with van der Waals surface area (Å²) in [5.74, 6) is 0. The average Bonchev–Trinajstić information content (AvgIpc) is 2.00. The highest BCUT2D eigenvalue weighted by molar-refractivity contribution is 5.78. The van der Waals surface area contributed by atoms with Gasteiger partial charge in [0.25, 0.3) is 0 Å². The third-order valence-corrected chi connectivity index (χ3v) is 2.01. The Morgan fingerprint density at radius 2 is 2.17 bits per heavy atom. The molecule has 3 nitrogen and oxygen atoms in total. The maximum Gasteiger partial charge on any atom is 0.238 e. The summed E-state index contributed by atoms with van der Waals surface area (Å²) in [5.41, 5.74) is 3.05. The lowest BCUT2D eigenvalue weighted by atomic mass is 9.84. The van der Waals surface area contributed by atoms with Gasteiger partial charge in [-0.25, -0.2) is 0 Å². The zero-order valence-corrected chi connectivity index (χ0v) is 6.36. The highest BCUT2D eigenvalue weighted by Crippen LogP contribution is 2.33. The normalized spacial score (nSPS) is 16.8. The van der Waals surface area contributed by atoms with Gasteiger partial charge in [-0.2, -0.15) is 0 Å². The van der Waals surface area contributed by atoms with Crippen molar-refractivity contribution in [3.8, 4) is 0 Å². The molecule has 0 aromatic heterocycles. The van der Waals surface area contributed by atoms with Crippen LogP contribution in [0.2, 0.25) is 0 Å². The molecule has 0 saturated carbocycles. The first-order chi connectivity index (χ1) is 5.77. The van der Waals surface area contributed by atoms with Crippen molar-refractivity contribution < 1.29 is 4.92 Å². The molecule has 1 aromatic carbocycles. The Labute approximate surface area is 69.5 Å². The highest BCUT2D eigenvalue weighted by Gasteiger charge is 2.20. The molecule has 0 N–H and O–H groups in total. The Balaban J connectivity index is 2.37. The van der Waals surface area contributed by atoms with E-state index in [-0.39, 0.29) is 0 Å². The monoisotopic (exact) mass is 161 g/mol. The molecule has 1 aromatic rings. The van der Waals surface area contributed by atoms with Gasteiger partial charge in [-0.15, -0.1) is 0 Å². The van der Waals surface area contributed by atoms with Crippen molar-refractivity contribution in [2.24, 2.45) is 0 Å². The molecule has 1 aliphatic rings. The topological polar surface area (TPSA) is 43.1 Å². The third kappa shape index (κ3) is 0.993. The molecule has 0 radical (unpaired) electrons. The van der Waals surface area contributed by atoms with Crippen LogP contribution in [0, 0.1) is 10.1 Å². The van der Waals surface area contributed by atoms with Crippen molar-refractivity contribution >= 4 is 5.57 Å². The fraction of sp³-hybridized carbons (Fsp3) is 0.111. The van der Waals surface area contributed by atoms with Crippen molar-refractivity contribution in [3.63, 3.8) is 0 Å². The van der Waals surface area contributed by atoms with Crippen LogP contribution in [0.15, 0.2) is 30.5 Å². The quantitative estimate of drug-likeness (QED) is 0.466. The van der Waals surface area contributed by atoms with Crippen LogP contribution in [0.3, 0.4) is 0 Å². The molecule has 12 heavy (non-hydrogen) atoms. The van der Waals surface area contributed by atoms with E-state index in [0.717, 1.165) is 23.8 Å². The molecule has 0 bridgehead atoms. The van der Waals surface area contributed by atoms with E-state index in [4.69, 9.17) is 0 Å². The number of nitro groups is 1. The second-order valence-electron chi connectivity index (χ2n) is 2.77. The Hall–Kier alpha value is -1.64. The van der Waals surface area contributed by atoms with Gasteiger partial charge >= 0.3 is 0 Å². The van der Waals surface area contributed by atoms with Gasteiger partial charge in [0.2, 0.25) is 6.20 Å². The molecule has 2 rings (SSSR count). The number of nitrogens with zero attached hydrogens (tertiary/aromatic N) is 1. The van der Waals surface area contributed by atoms with Crippen molar-refractivity contribution in [2.45, 2.75) is 6.42 Å². The number of benzene rings is 1. The molecule has 0 unspecified atom stereocenters. The van der Waals surface area contributed by atoms with Crippen molar-refractivity contribution in [2.75, 3.05) is 0 Å². The van der Waals surface area contributed by atoms with E-state index in [1.807, 2.05) is 24.3 Å². The number of hydrogen-bond acceptors (Lipinski definition) is 2. The molecule has 0 amide bonds. The second kappa shape index (κ2) is 2.44. The Kier molecular flexibility index (Phi) is 1.43. The molecule has 0 atom stereocenters. The summed E-state index contributed by atoms with van der Waals surface area (Å²) >= 11 is 0. The summed E-state index contributed by atoms with van der Waals surface area (Å²) in [4.78, 5) is 9.74. The maximum absolute atomic E-state index is 10.1. The fourth-order valence-corrected chi connectivity index (χ4v) is 1.42. The minimum Gasteiger partial charge on any atom is -0.259 e. The number of rotatable bonds is 1. The SMILES string of the molecule is O=[N+]([O-])/C=C1/Cc2ccccc21. The fourth-order valence-electron chi connectivity index (χ4n) is 1.42. The summed E-state index contributed by atoms with van der Waals surface area (Å²) in [6.45, 7) is 0. The average molecular weight is 161 g/mol. The van der Waals surface area contributed by atoms with E-state index in [0.29, 0.717) is 0 Å². The van der Waals surface area contributed by atoms with Crippen molar-refractivity contribution in [3.05, 3.63) is 51.7 Å². The van der Waals surface area contributed by atoms with Crippen LogP contribution in [-0.2, 0) is 6.42 Å². The van der Waals surface area contributed by atoms with Crippen LogP contribution in [0.4, 0.5) is 0 Å². The van der Waals surface area contributed by atoms with Crippen LogP contribution in [-0.4, -0.2) is 4.92 Å². The summed E-state index contributed by atoms with van der Waals surface area (Å²) in [6, 6.07) is 7.74. The van der Waals surface area contributed by atoms with Gasteiger partial charge in [0.05, 0.1) is 4.92 Å².